The van der Waals surface area contributed by atoms with E-state index in [1.54, 1.807) is 0 Å². The Kier molecular flexibility index (Phi) is 5.18. The molecular weight excluding hydrogens is 248 g/mol. The van der Waals surface area contributed by atoms with Gasteiger partial charge in [-0.3, -0.25) is 4.79 Å². The molecule has 3 nitrogen and oxygen atoms in total. The number of carbonyl (C=O) groups excluding carboxylic acids is 1. The Morgan fingerprint density at radius 3 is 2.30 bits per heavy atom. The summed E-state index contributed by atoms with van der Waals surface area (Å²) in [4.78, 5) is 12.2. The Morgan fingerprint density at radius 2 is 1.80 bits per heavy atom. The van der Waals surface area contributed by atoms with Crippen molar-refractivity contribution in [3.05, 3.63) is 29.8 Å². The van der Waals surface area contributed by atoms with Crippen LogP contribution in [-0.2, 0) is 4.79 Å². The minimum absolute atomic E-state index is 0.155. The van der Waals surface area contributed by atoms with Crippen molar-refractivity contribution in [2.75, 3.05) is 11.9 Å². The number of amides is 1. The van der Waals surface area contributed by atoms with Crippen LogP contribution in [0.3, 0.4) is 0 Å². The molecule has 0 aliphatic heterocycles. The molecule has 3 N–H and O–H groups in total. The van der Waals surface area contributed by atoms with Crippen molar-refractivity contribution in [3.8, 4) is 0 Å². The normalized spacial score (nSPS) is 22.8. The van der Waals surface area contributed by atoms with E-state index in [0.717, 1.165) is 37.9 Å². The lowest BCUT2D eigenvalue weighted by molar-refractivity contribution is -0.121. The third-order valence-corrected chi connectivity index (χ3v) is 4.40. The number of hydrogen-bond donors (Lipinski definition) is 2. The summed E-state index contributed by atoms with van der Waals surface area (Å²) < 4.78 is 0. The number of nitrogens with two attached hydrogens (primary N) is 1. The van der Waals surface area contributed by atoms with Crippen LogP contribution in [-0.4, -0.2) is 12.5 Å². The summed E-state index contributed by atoms with van der Waals surface area (Å²) in [6, 6.07) is 8.18. The molecule has 3 heteroatoms. The van der Waals surface area contributed by atoms with Crippen LogP contribution in [0, 0.1) is 11.8 Å². The molecule has 1 saturated carbocycles. The fourth-order valence-electron chi connectivity index (χ4n) is 2.86. The smallest absolute Gasteiger partial charge is 0.227 e. The number of carbonyl (C=O) groups is 1. The molecule has 0 atom stereocenters. The molecule has 1 aliphatic rings. The average molecular weight is 274 g/mol. The number of anilines is 1. The molecule has 2 rings (SSSR count). The van der Waals surface area contributed by atoms with Gasteiger partial charge in [0.25, 0.3) is 0 Å². The van der Waals surface area contributed by atoms with E-state index in [9.17, 15) is 4.79 Å². The van der Waals surface area contributed by atoms with Gasteiger partial charge in [0, 0.05) is 11.6 Å². The SMILES string of the molecule is CC(C)c1ccc(NC(=O)C2CCC(CN)CC2)cc1. The number of hydrogen-bond acceptors (Lipinski definition) is 2. The summed E-state index contributed by atoms with van der Waals surface area (Å²) in [5.41, 5.74) is 7.89. The molecule has 1 amide bonds. The van der Waals surface area contributed by atoms with Gasteiger partial charge >= 0.3 is 0 Å². The Hall–Kier alpha value is -1.35. The second-order valence-electron chi connectivity index (χ2n) is 6.22. The summed E-state index contributed by atoms with van der Waals surface area (Å²) in [6.45, 7) is 5.10. The Morgan fingerprint density at radius 1 is 1.20 bits per heavy atom. The van der Waals surface area contributed by atoms with Crippen molar-refractivity contribution in [1.82, 2.24) is 0 Å². The molecule has 1 aliphatic carbocycles. The van der Waals surface area contributed by atoms with Crippen LogP contribution in [0.2, 0.25) is 0 Å². The molecule has 0 radical (unpaired) electrons. The monoisotopic (exact) mass is 274 g/mol. The summed E-state index contributed by atoms with van der Waals surface area (Å²) >= 11 is 0. The maximum Gasteiger partial charge on any atom is 0.227 e. The third kappa shape index (κ3) is 3.83. The van der Waals surface area contributed by atoms with E-state index in [1.807, 2.05) is 12.1 Å². The molecule has 0 saturated heterocycles. The average Bonchev–Trinajstić information content (AvgIpc) is 2.48. The zero-order chi connectivity index (χ0) is 14.5. The first-order valence-corrected chi connectivity index (χ1v) is 7.71. The zero-order valence-electron chi connectivity index (χ0n) is 12.6. The van der Waals surface area contributed by atoms with Crippen LogP contribution < -0.4 is 11.1 Å². The van der Waals surface area contributed by atoms with E-state index in [4.69, 9.17) is 5.73 Å². The number of rotatable bonds is 4. The second-order valence-corrected chi connectivity index (χ2v) is 6.22. The largest absolute Gasteiger partial charge is 0.330 e. The molecular formula is C17H26N2O. The van der Waals surface area contributed by atoms with Crippen molar-refractivity contribution < 1.29 is 4.79 Å². The van der Waals surface area contributed by atoms with Gasteiger partial charge in [-0.2, -0.15) is 0 Å². The van der Waals surface area contributed by atoms with Gasteiger partial charge in [0.15, 0.2) is 0 Å². The zero-order valence-corrected chi connectivity index (χ0v) is 12.6. The molecule has 110 valence electrons. The van der Waals surface area contributed by atoms with Gasteiger partial charge < -0.3 is 11.1 Å². The maximum absolute atomic E-state index is 12.2. The molecule has 0 heterocycles. The van der Waals surface area contributed by atoms with E-state index in [-0.39, 0.29) is 11.8 Å². The van der Waals surface area contributed by atoms with Crippen molar-refractivity contribution in [1.29, 1.82) is 0 Å². The molecule has 1 aromatic carbocycles. The number of nitrogens with one attached hydrogen (secondary N) is 1. The first kappa shape index (κ1) is 15.0. The van der Waals surface area contributed by atoms with Crippen LogP contribution in [0.1, 0.15) is 51.0 Å². The highest BCUT2D eigenvalue weighted by atomic mass is 16.1. The van der Waals surface area contributed by atoms with E-state index in [0.29, 0.717) is 11.8 Å². The van der Waals surface area contributed by atoms with Crippen LogP contribution in [0.25, 0.3) is 0 Å². The quantitative estimate of drug-likeness (QED) is 0.882. The van der Waals surface area contributed by atoms with Crippen LogP contribution >= 0.6 is 0 Å². The minimum Gasteiger partial charge on any atom is -0.330 e. The van der Waals surface area contributed by atoms with Gasteiger partial charge in [0.05, 0.1) is 0 Å². The third-order valence-electron chi connectivity index (χ3n) is 4.40. The Balaban J connectivity index is 1.88. The van der Waals surface area contributed by atoms with Gasteiger partial charge in [-0.05, 0) is 61.8 Å². The highest BCUT2D eigenvalue weighted by Crippen LogP contribution is 2.29. The van der Waals surface area contributed by atoms with Crippen LogP contribution in [0.4, 0.5) is 5.69 Å². The summed E-state index contributed by atoms with van der Waals surface area (Å²) in [5, 5.41) is 3.04. The molecule has 1 aromatic rings. The minimum atomic E-state index is 0.155. The Bertz CT molecular complexity index is 431. The van der Waals surface area contributed by atoms with E-state index in [2.05, 4.69) is 31.3 Å². The summed E-state index contributed by atoms with van der Waals surface area (Å²) in [5.74, 6) is 1.45. The molecule has 1 fully saturated rings. The van der Waals surface area contributed by atoms with Crippen molar-refractivity contribution >= 4 is 11.6 Å². The molecule has 0 aromatic heterocycles. The van der Waals surface area contributed by atoms with Gasteiger partial charge in [-0.1, -0.05) is 26.0 Å². The lowest BCUT2D eigenvalue weighted by Gasteiger charge is -2.26. The maximum atomic E-state index is 12.2. The van der Waals surface area contributed by atoms with Crippen molar-refractivity contribution in [2.45, 2.75) is 45.4 Å². The van der Waals surface area contributed by atoms with Crippen molar-refractivity contribution in [3.63, 3.8) is 0 Å². The van der Waals surface area contributed by atoms with Crippen molar-refractivity contribution in [2.24, 2.45) is 17.6 Å². The molecule has 0 bridgehead atoms. The van der Waals surface area contributed by atoms with Crippen LogP contribution in [0.5, 0.6) is 0 Å². The fourth-order valence-corrected chi connectivity index (χ4v) is 2.86. The van der Waals surface area contributed by atoms with Gasteiger partial charge in [-0.15, -0.1) is 0 Å². The second kappa shape index (κ2) is 6.89. The summed E-state index contributed by atoms with van der Waals surface area (Å²) in [6.07, 6.45) is 4.11. The fraction of sp³-hybridized carbons (Fsp3) is 0.588. The predicted molar refractivity (Wildman–Crippen MR) is 83.7 cm³/mol. The first-order chi connectivity index (χ1) is 9.60. The highest BCUT2D eigenvalue weighted by Gasteiger charge is 2.25. The van der Waals surface area contributed by atoms with E-state index >= 15 is 0 Å². The van der Waals surface area contributed by atoms with Gasteiger partial charge in [-0.25, -0.2) is 0 Å². The predicted octanol–water partition coefficient (Wildman–Crippen LogP) is 3.51. The number of benzene rings is 1. The van der Waals surface area contributed by atoms with E-state index < -0.39 is 0 Å². The van der Waals surface area contributed by atoms with Crippen LogP contribution in [0.15, 0.2) is 24.3 Å². The van der Waals surface area contributed by atoms with E-state index in [1.165, 1.54) is 5.56 Å². The Labute approximate surface area is 121 Å². The topological polar surface area (TPSA) is 55.1 Å². The lowest BCUT2D eigenvalue weighted by Crippen LogP contribution is -2.29. The van der Waals surface area contributed by atoms with Gasteiger partial charge in [0.1, 0.15) is 0 Å². The first-order valence-electron chi connectivity index (χ1n) is 7.71. The molecule has 20 heavy (non-hydrogen) atoms. The summed E-state index contributed by atoms with van der Waals surface area (Å²) in [7, 11) is 0. The standard InChI is InChI=1S/C17H26N2O/c1-12(2)14-7-9-16(10-8-14)19-17(20)15-5-3-13(11-18)4-6-15/h7-10,12-13,15H,3-6,11,18H2,1-2H3,(H,19,20). The van der Waals surface area contributed by atoms with Gasteiger partial charge in [0.2, 0.25) is 5.91 Å². The molecule has 0 spiro atoms. The molecule has 0 unspecified atom stereocenters. The highest BCUT2D eigenvalue weighted by molar-refractivity contribution is 5.92. The lowest BCUT2D eigenvalue weighted by atomic mass is 9.81.